The number of fused-ring (bicyclic) bond motifs is 1. The summed E-state index contributed by atoms with van der Waals surface area (Å²) in [5.74, 6) is 0.586. The summed E-state index contributed by atoms with van der Waals surface area (Å²) in [5.41, 5.74) is 1.60. The van der Waals surface area contributed by atoms with E-state index in [4.69, 9.17) is 9.15 Å². The molecule has 0 unspecified atom stereocenters. The molecule has 0 fully saturated rings. The average molecular weight is 366 g/mol. The normalized spacial score (nSPS) is 11.4. The summed E-state index contributed by atoms with van der Waals surface area (Å²) < 4.78 is 24.8. The van der Waals surface area contributed by atoms with Crippen molar-refractivity contribution in [1.82, 2.24) is 0 Å². The summed E-state index contributed by atoms with van der Waals surface area (Å²) in [4.78, 5) is 12.1. The van der Waals surface area contributed by atoms with Gasteiger partial charge in [0.25, 0.3) is 0 Å². The van der Waals surface area contributed by atoms with E-state index >= 15 is 0 Å². The molecule has 0 aliphatic rings. The largest absolute Gasteiger partial charge is 0.486 e. The van der Waals surface area contributed by atoms with Gasteiger partial charge in [-0.3, -0.25) is 0 Å². The van der Waals surface area contributed by atoms with Crippen molar-refractivity contribution in [2.45, 2.75) is 33.1 Å². The van der Waals surface area contributed by atoms with E-state index in [1.54, 1.807) is 6.07 Å². The highest BCUT2D eigenvalue weighted by atomic mass is 19.1. The SMILES string of the molecule is C/C=C/COc1ccc(CCc2ccc3cc(CC)oc(=O)c3c2)cc1F. The molecule has 0 saturated carbocycles. The van der Waals surface area contributed by atoms with Gasteiger partial charge in [-0.25, -0.2) is 9.18 Å². The second kappa shape index (κ2) is 8.67. The van der Waals surface area contributed by atoms with Gasteiger partial charge >= 0.3 is 5.63 Å². The molecule has 0 amide bonds. The molecule has 0 spiro atoms. The standard InChI is InChI=1S/C23H23FO3/c1-3-5-12-26-22-11-9-17(14-21(22)24)7-6-16-8-10-18-15-19(4-2)27-23(25)20(18)13-16/h3,5,8-11,13-15H,4,6-7,12H2,1-2H3/b5-3+. The van der Waals surface area contributed by atoms with Crippen molar-refractivity contribution >= 4 is 10.8 Å². The van der Waals surface area contributed by atoms with Crippen LogP contribution in [0.1, 0.15) is 30.7 Å². The van der Waals surface area contributed by atoms with Crippen LogP contribution < -0.4 is 10.4 Å². The maximum absolute atomic E-state index is 14.1. The first-order chi connectivity index (χ1) is 13.1. The Morgan fingerprint density at radius 2 is 1.81 bits per heavy atom. The van der Waals surface area contributed by atoms with Crippen LogP contribution in [-0.2, 0) is 19.3 Å². The predicted molar refractivity (Wildman–Crippen MR) is 106 cm³/mol. The van der Waals surface area contributed by atoms with Gasteiger partial charge in [0.15, 0.2) is 11.6 Å². The van der Waals surface area contributed by atoms with Crippen molar-refractivity contribution < 1.29 is 13.5 Å². The highest BCUT2D eigenvalue weighted by Gasteiger charge is 2.07. The molecule has 27 heavy (non-hydrogen) atoms. The van der Waals surface area contributed by atoms with Crippen molar-refractivity contribution in [2.75, 3.05) is 6.61 Å². The number of hydrogen-bond acceptors (Lipinski definition) is 3. The van der Waals surface area contributed by atoms with Crippen molar-refractivity contribution in [2.24, 2.45) is 0 Å². The second-order valence-electron chi connectivity index (χ2n) is 6.42. The minimum Gasteiger partial charge on any atom is -0.486 e. The Balaban J connectivity index is 1.72. The molecule has 0 N–H and O–H groups in total. The van der Waals surface area contributed by atoms with E-state index in [0.717, 1.165) is 16.5 Å². The molecule has 1 aromatic heterocycles. The van der Waals surface area contributed by atoms with Crippen molar-refractivity contribution in [1.29, 1.82) is 0 Å². The highest BCUT2D eigenvalue weighted by Crippen LogP contribution is 2.21. The molecule has 3 nitrogen and oxygen atoms in total. The van der Waals surface area contributed by atoms with Gasteiger partial charge in [0, 0.05) is 6.42 Å². The monoisotopic (exact) mass is 366 g/mol. The summed E-state index contributed by atoms with van der Waals surface area (Å²) in [6.45, 7) is 4.20. The summed E-state index contributed by atoms with van der Waals surface area (Å²) >= 11 is 0. The van der Waals surface area contributed by atoms with Gasteiger partial charge in [0.05, 0.1) is 5.39 Å². The summed E-state index contributed by atoms with van der Waals surface area (Å²) in [6.07, 6.45) is 5.76. The van der Waals surface area contributed by atoms with Crippen LogP contribution in [0, 0.1) is 5.82 Å². The van der Waals surface area contributed by atoms with Gasteiger partial charge in [-0.15, -0.1) is 0 Å². The van der Waals surface area contributed by atoms with Crippen LogP contribution in [0.4, 0.5) is 4.39 Å². The highest BCUT2D eigenvalue weighted by molar-refractivity contribution is 5.82. The number of ether oxygens (including phenoxy) is 1. The Morgan fingerprint density at radius 1 is 1.07 bits per heavy atom. The first-order valence-corrected chi connectivity index (χ1v) is 9.18. The van der Waals surface area contributed by atoms with Gasteiger partial charge in [-0.05, 0) is 60.5 Å². The topological polar surface area (TPSA) is 39.4 Å². The van der Waals surface area contributed by atoms with E-state index in [2.05, 4.69) is 0 Å². The van der Waals surface area contributed by atoms with Gasteiger partial charge in [0.1, 0.15) is 12.4 Å². The first kappa shape index (κ1) is 18.9. The smallest absolute Gasteiger partial charge is 0.343 e. The summed E-state index contributed by atoms with van der Waals surface area (Å²) in [7, 11) is 0. The van der Waals surface area contributed by atoms with Gasteiger partial charge < -0.3 is 9.15 Å². The number of allylic oxidation sites excluding steroid dienone is 1. The maximum atomic E-state index is 14.1. The third-order valence-electron chi connectivity index (χ3n) is 4.50. The van der Waals surface area contributed by atoms with E-state index in [9.17, 15) is 9.18 Å². The van der Waals surface area contributed by atoms with Gasteiger partial charge in [-0.1, -0.05) is 37.3 Å². The maximum Gasteiger partial charge on any atom is 0.343 e. The Labute approximate surface area is 158 Å². The summed E-state index contributed by atoms with van der Waals surface area (Å²) in [5, 5.41) is 1.48. The zero-order chi connectivity index (χ0) is 19.2. The molecule has 0 bridgehead atoms. The Kier molecular flexibility index (Phi) is 6.07. The molecule has 3 rings (SSSR count). The molecule has 2 aromatic carbocycles. The molecule has 0 radical (unpaired) electrons. The minimum absolute atomic E-state index is 0.256. The molecule has 0 saturated heterocycles. The van der Waals surface area contributed by atoms with E-state index in [1.807, 2.05) is 56.3 Å². The van der Waals surface area contributed by atoms with Crippen LogP contribution in [0.25, 0.3) is 10.8 Å². The average Bonchev–Trinajstić information content (AvgIpc) is 2.68. The number of halogens is 1. The number of benzene rings is 2. The Bertz CT molecular complexity index is 1020. The van der Waals surface area contributed by atoms with Crippen molar-refractivity contribution in [3.63, 3.8) is 0 Å². The molecule has 0 aliphatic heterocycles. The quantitative estimate of drug-likeness (QED) is 0.537. The van der Waals surface area contributed by atoms with Crippen LogP contribution in [0.2, 0.25) is 0 Å². The van der Waals surface area contributed by atoms with E-state index in [0.29, 0.717) is 37.0 Å². The Morgan fingerprint density at radius 3 is 2.52 bits per heavy atom. The summed E-state index contributed by atoms with van der Waals surface area (Å²) in [6, 6.07) is 12.8. The van der Waals surface area contributed by atoms with Gasteiger partial charge in [0.2, 0.25) is 0 Å². The minimum atomic E-state index is -0.358. The Hall–Kier alpha value is -2.88. The molecule has 0 atom stereocenters. The lowest BCUT2D eigenvalue weighted by atomic mass is 10.0. The molecule has 4 heteroatoms. The third kappa shape index (κ3) is 4.64. The molecular weight excluding hydrogens is 343 g/mol. The van der Waals surface area contributed by atoms with Crippen molar-refractivity contribution in [3.8, 4) is 5.75 Å². The van der Waals surface area contributed by atoms with E-state index in [1.165, 1.54) is 6.07 Å². The van der Waals surface area contributed by atoms with Gasteiger partial charge in [-0.2, -0.15) is 0 Å². The fraction of sp³-hybridized carbons (Fsp3) is 0.261. The molecule has 0 aliphatic carbocycles. The lowest BCUT2D eigenvalue weighted by Gasteiger charge is -2.08. The number of rotatable bonds is 7. The molecule has 140 valence electrons. The van der Waals surface area contributed by atoms with Crippen LogP contribution in [0.5, 0.6) is 5.75 Å². The van der Waals surface area contributed by atoms with Crippen LogP contribution in [0.3, 0.4) is 0 Å². The molecular formula is C23H23FO3. The zero-order valence-corrected chi connectivity index (χ0v) is 15.6. The van der Waals surface area contributed by atoms with Crippen molar-refractivity contribution in [3.05, 3.63) is 87.7 Å². The zero-order valence-electron chi connectivity index (χ0n) is 15.6. The number of aryl methyl sites for hydroxylation is 3. The third-order valence-corrected chi connectivity index (χ3v) is 4.50. The lowest BCUT2D eigenvalue weighted by molar-refractivity contribution is 0.341. The van der Waals surface area contributed by atoms with Crippen LogP contribution in [0.15, 0.2) is 63.8 Å². The fourth-order valence-electron chi connectivity index (χ4n) is 2.95. The predicted octanol–water partition coefficient (Wildman–Crippen LogP) is 5.23. The lowest BCUT2D eigenvalue weighted by Crippen LogP contribution is -2.03. The fourth-order valence-corrected chi connectivity index (χ4v) is 2.95. The van der Waals surface area contributed by atoms with E-state index < -0.39 is 0 Å². The second-order valence-corrected chi connectivity index (χ2v) is 6.42. The van der Waals surface area contributed by atoms with Crippen LogP contribution >= 0.6 is 0 Å². The van der Waals surface area contributed by atoms with E-state index in [-0.39, 0.29) is 17.2 Å². The molecule has 1 heterocycles. The number of hydrogen-bond donors (Lipinski definition) is 0. The van der Waals surface area contributed by atoms with Crippen LogP contribution in [-0.4, -0.2) is 6.61 Å². The first-order valence-electron chi connectivity index (χ1n) is 9.18. The molecule has 3 aromatic rings.